The zero-order chi connectivity index (χ0) is 10.1. The van der Waals surface area contributed by atoms with Crippen molar-refractivity contribution >= 4 is 21.9 Å². The van der Waals surface area contributed by atoms with E-state index >= 15 is 0 Å². The van der Waals surface area contributed by atoms with Crippen LogP contribution in [-0.2, 0) is 14.3 Å². The minimum atomic E-state index is -3.51. The van der Waals surface area contributed by atoms with E-state index in [0.29, 0.717) is 12.2 Å². The Balaban J connectivity index is 2.53. The van der Waals surface area contributed by atoms with Gasteiger partial charge in [-0.25, -0.2) is 0 Å². The molecule has 1 unspecified atom stereocenters. The largest absolute Gasteiger partial charge is 0.357 e. The quantitative estimate of drug-likeness (QED) is 0.489. The van der Waals surface area contributed by atoms with Gasteiger partial charge in [0.25, 0.3) is 10.1 Å². The molecule has 1 saturated heterocycles. The molecule has 0 aromatic heterocycles. The highest BCUT2D eigenvalue weighted by Crippen LogP contribution is 2.33. The summed E-state index contributed by atoms with van der Waals surface area (Å²) in [6.07, 6.45) is 0.766. The first-order valence-corrected chi connectivity index (χ1v) is 6.56. The second-order valence-electron chi connectivity index (χ2n) is 3.01. The van der Waals surface area contributed by atoms with Crippen LogP contribution >= 0.6 is 11.8 Å². The van der Waals surface area contributed by atoms with Crippen LogP contribution in [0.5, 0.6) is 0 Å². The zero-order valence-corrected chi connectivity index (χ0v) is 8.77. The summed E-state index contributed by atoms with van der Waals surface area (Å²) in [6, 6.07) is 0. The predicted molar refractivity (Wildman–Crippen MR) is 48.6 cm³/mol. The average molecular weight is 228 g/mol. The standard InChI is InChI=1S/C6H12O5S2/c1-13(9,10)11-5-2-3-12-6(7,8)4-5/h5,7-8H,2-4H2,1H3. The third-order valence-electron chi connectivity index (χ3n) is 1.58. The molecule has 0 spiro atoms. The fourth-order valence-electron chi connectivity index (χ4n) is 1.14. The van der Waals surface area contributed by atoms with Crippen molar-refractivity contribution < 1.29 is 22.8 Å². The molecule has 0 radical (unpaired) electrons. The fourth-order valence-corrected chi connectivity index (χ4v) is 2.81. The van der Waals surface area contributed by atoms with Crippen LogP contribution in [0.1, 0.15) is 12.8 Å². The minimum absolute atomic E-state index is 0.0786. The second-order valence-corrected chi connectivity index (χ2v) is 5.96. The van der Waals surface area contributed by atoms with Crippen molar-refractivity contribution in [3.8, 4) is 0 Å². The normalized spacial score (nSPS) is 28.7. The van der Waals surface area contributed by atoms with E-state index < -0.39 is 21.3 Å². The van der Waals surface area contributed by atoms with E-state index in [1.54, 1.807) is 0 Å². The van der Waals surface area contributed by atoms with Crippen molar-refractivity contribution in [3.63, 3.8) is 0 Å². The molecule has 1 rings (SSSR count). The molecule has 13 heavy (non-hydrogen) atoms. The van der Waals surface area contributed by atoms with Crippen molar-refractivity contribution in [1.29, 1.82) is 0 Å². The summed E-state index contributed by atoms with van der Waals surface area (Å²) >= 11 is 0.986. The first-order chi connectivity index (χ1) is 5.79. The van der Waals surface area contributed by atoms with Gasteiger partial charge < -0.3 is 10.2 Å². The maximum Gasteiger partial charge on any atom is 0.264 e. The Morgan fingerprint density at radius 1 is 1.54 bits per heavy atom. The van der Waals surface area contributed by atoms with Crippen molar-refractivity contribution in [2.24, 2.45) is 0 Å². The Kier molecular flexibility index (Phi) is 3.24. The molecule has 1 aliphatic heterocycles. The highest BCUT2D eigenvalue weighted by Gasteiger charge is 2.34. The van der Waals surface area contributed by atoms with Crippen LogP contribution in [0.3, 0.4) is 0 Å². The minimum Gasteiger partial charge on any atom is -0.357 e. The lowest BCUT2D eigenvalue weighted by Gasteiger charge is -2.30. The van der Waals surface area contributed by atoms with Crippen LogP contribution < -0.4 is 0 Å². The van der Waals surface area contributed by atoms with E-state index in [1.807, 2.05) is 0 Å². The van der Waals surface area contributed by atoms with Crippen LogP contribution in [0.2, 0.25) is 0 Å². The van der Waals surface area contributed by atoms with E-state index in [4.69, 9.17) is 0 Å². The lowest BCUT2D eigenvalue weighted by molar-refractivity contribution is -0.103. The van der Waals surface area contributed by atoms with Gasteiger partial charge >= 0.3 is 0 Å². The zero-order valence-electron chi connectivity index (χ0n) is 7.13. The molecule has 0 amide bonds. The fraction of sp³-hybridized carbons (Fsp3) is 1.00. The average Bonchev–Trinajstić information content (AvgIpc) is 1.79. The van der Waals surface area contributed by atoms with Crippen molar-refractivity contribution in [3.05, 3.63) is 0 Å². The van der Waals surface area contributed by atoms with Gasteiger partial charge in [-0.2, -0.15) is 8.42 Å². The van der Waals surface area contributed by atoms with Crippen molar-refractivity contribution in [2.75, 3.05) is 12.0 Å². The van der Waals surface area contributed by atoms with Crippen LogP contribution in [0, 0.1) is 0 Å². The topological polar surface area (TPSA) is 83.8 Å². The van der Waals surface area contributed by atoms with Gasteiger partial charge in [-0.05, 0) is 6.42 Å². The van der Waals surface area contributed by atoms with Gasteiger partial charge in [-0.15, -0.1) is 0 Å². The number of rotatable bonds is 2. The van der Waals surface area contributed by atoms with Gasteiger partial charge in [0.05, 0.1) is 12.4 Å². The molecule has 2 N–H and O–H groups in total. The Hall–Kier alpha value is 0.180. The van der Waals surface area contributed by atoms with Gasteiger partial charge in [0.1, 0.15) is 0 Å². The number of aliphatic hydroxyl groups is 2. The van der Waals surface area contributed by atoms with Crippen LogP contribution in [0.25, 0.3) is 0 Å². The molecule has 0 aromatic carbocycles. The number of hydrogen-bond donors (Lipinski definition) is 2. The van der Waals surface area contributed by atoms with Crippen LogP contribution in [-0.4, -0.2) is 41.9 Å². The van der Waals surface area contributed by atoms with Crippen molar-refractivity contribution in [2.45, 2.75) is 24.1 Å². The predicted octanol–water partition coefficient (Wildman–Crippen LogP) is -0.503. The summed E-state index contributed by atoms with van der Waals surface area (Å²) in [7, 11) is -3.51. The Morgan fingerprint density at radius 2 is 2.15 bits per heavy atom. The van der Waals surface area contributed by atoms with Gasteiger partial charge in [0.2, 0.25) is 5.12 Å². The first-order valence-electron chi connectivity index (χ1n) is 3.75. The maximum atomic E-state index is 10.7. The van der Waals surface area contributed by atoms with Gasteiger partial charge in [-0.3, -0.25) is 4.18 Å². The second kappa shape index (κ2) is 3.74. The first kappa shape index (κ1) is 11.3. The molecule has 0 bridgehead atoms. The molecule has 1 heterocycles. The Morgan fingerprint density at radius 3 is 2.62 bits per heavy atom. The molecule has 1 aliphatic rings. The maximum absolute atomic E-state index is 10.7. The molecule has 5 nitrogen and oxygen atoms in total. The lowest BCUT2D eigenvalue weighted by Crippen LogP contribution is -2.36. The third kappa shape index (κ3) is 4.28. The molecular formula is C6H12O5S2. The number of hydrogen-bond acceptors (Lipinski definition) is 6. The molecule has 1 atom stereocenters. The lowest BCUT2D eigenvalue weighted by atomic mass is 10.2. The number of thioether (sulfide) groups is 1. The van der Waals surface area contributed by atoms with Crippen molar-refractivity contribution in [1.82, 2.24) is 0 Å². The Labute approximate surface area is 81.2 Å². The highest BCUT2D eigenvalue weighted by atomic mass is 32.2. The van der Waals surface area contributed by atoms with E-state index in [2.05, 4.69) is 4.18 Å². The van der Waals surface area contributed by atoms with Gasteiger partial charge in [0.15, 0.2) is 0 Å². The van der Waals surface area contributed by atoms with Crippen LogP contribution in [0.4, 0.5) is 0 Å². The SMILES string of the molecule is CS(=O)(=O)OC1CCSC(O)(O)C1. The molecular weight excluding hydrogens is 216 g/mol. The summed E-state index contributed by atoms with van der Waals surface area (Å²) < 4.78 is 26.1. The highest BCUT2D eigenvalue weighted by molar-refractivity contribution is 8.00. The van der Waals surface area contributed by atoms with Gasteiger partial charge in [0, 0.05) is 12.2 Å². The summed E-state index contributed by atoms with van der Waals surface area (Å²) in [4.78, 5) is 0. The molecule has 0 saturated carbocycles. The smallest absolute Gasteiger partial charge is 0.264 e. The summed E-state index contributed by atoms with van der Waals surface area (Å²) in [5, 5.41) is 16.5. The molecule has 78 valence electrons. The third-order valence-corrected chi connectivity index (χ3v) is 3.27. The van der Waals surface area contributed by atoms with Gasteiger partial charge in [-0.1, -0.05) is 11.8 Å². The molecule has 1 fully saturated rings. The monoisotopic (exact) mass is 228 g/mol. The summed E-state index contributed by atoms with van der Waals surface area (Å²) in [5.41, 5.74) is 0. The summed E-state index contributed by atoms with van der Waals surface area (Å²) in [6.45, 7) is 0. The Bertz CT molecular complexity index is 271. The molecule has 7 heteroatoms. The summed E-state index contributed by atoms with van der Waals surface area (Å²) in [5.74, 6) is 0.479. The van der Waals surface area contributed by atoms with E-state index in [1.165, 1.54) is 0 Å². The van der Waals surface area contributed by atoms with Crippen LogP contribution in [0.15, 0.2) is 0 Å². The molecule has 0 aromatic rings. The molecule has 0 aliphatic carbocycles. The van der Waals surface area contributed by atoms with E-state index in [9.17, 15) is 18.6 Å². The van der Waals surface area contributed by atoms with E-state index in [0.717, 1.165) is 18.0 Å². The van der Waals surface area contributed by atoms with E-state index in [-0.39, 0.29) is 6.42 Å².